The summed E-state index contributed by atoms with van der Waals surface area (Å²) < 4.78 is 2.05. The van der Waals surface area contributed by atoms with E-state index >= 15 is 0 Å². The minimum Gasteiger partial charge on any atom is -0.376 e. The van der Waals surface area contributed by atoms with Crippen LogP contribution in [-0.4, -0.2) is 28.9 Å². The number of rotatable bonds is 5. The molecule has 0 fully saturated rings. The number of pyridine rings is 1. The third-order valence-corrected chi connectivity index (χ3v) is 3.82. The maximum absolute atomic E-state index is 4.60. The molecule has 0 aromatic carbocycles. The van der Waals surface area contributed by atoms with Gasteiger partial charge in [-0.3, -0.25) is 9.67 Å². The molecule has 0 bridgehead atoms. The number of aryl methyl sites for hydroxylation is 2. The predicted molar refractivity (Wildman–Crippen MR) is 88.0 cm³/mol. The molecule has 1 atom stereocenters. The summed E-state index contributed by atoms with van der Waals surface area (Å²) in [5, 5.41) is 8.17. The van der Waals surface area contributed by atoms with Gasteiger partial charge < -0.3 is 10.2 Å². The number of aromatic nitrogens is 3. The molecule has 5 heteroatoms. The van der Waals surface area contributed by atoms with Gasteiger partial charge in [0.15, 0.2) is 0 Å². The molecule has 1 unspecified atom stereocenters. The van der Waals surface area contributed by atoms with Crippen LogP contribution in [0.5, 0.6) is 0 Å². The smallest absolute Gasteiger partial charge is 0.0768 e. The summed E-state index contributed by atoms with van der Waals surface area (Å²) in [4.78, 5) is 6.32. The molecular weight excluding hydrogens is 262 g/mol. The van der Waals surface area contributed by atoms with Crippen LogP contribution in [-0.2, 0) is 6.54 Å². The van der Waals surface area contributed by atoms with E-state index in [1.165, 1.54) is 11.3 Å². The van der Waals surface area contributed by atoms with Crippen LogP contribution in [0.2, 0.25) is 0 Å². The van der Waals surface area contributed by atoms with Crippen molar-refractivity contribution in [2.45, 2.75) is 40.3 Å². The second-order valence-electron chi connectivity index (χ2n) is 5.55. The Morgan fingerprint density at radius 2 is 2.05 bits per heavy atom. The normalized spacial score (nSPS) is 12.3. The minimum atomic E-state index is 0.188. The molecule has 0 radical (unpaired) electrons. The molecule has 114 valence electrons. The molecule has 2 rings (SSSR count). The largest absolute Gasteiger partial charge is 0.376 e. The topological polar surface area (TPSA) is 46.0 Å². The van der Waals surface area contributed by atoms with Crippen molar-refractivity contribution in [2.24, 2.45) is 0 Å². The van der Waals surface area contributed by atoms with E-state index in [-0.39, 0.29) is 6.04 Å². The summed E-state index contributed by atoms with van der Waals surface area (Å²) in [6.07, 6.45) is 3.69. The minimum absolute atomic E-state index is 0.188. The Morgan fingerprint density at radius 1 is 1.33 bits per heavy atom. The van der Waals surface area contributed by atoms with Gasteiger partial charge >= 0.3 is 0 Å². The van der Waals surface area contributed by atoms with Crippen molar-refractivity contribution < 1.29 is 0 Å². The van der Waals surface area contributed by atoms with Crippen molar-refractivity contribution in [1.82, 2.24) is 14.8 Å². The Kier molecular flexibility index (Phi) is 4.50. The number of nitrogens with zero attached hydrogens (tertiary/aromatic N) is 4. The molecule has 5 nitrogen and oxygen atoms in total. The molecule has 2 heterocycles. The molecule has 0 spiro atoms. The summed E-state index contributed by atoms with van der Waals surface area (Å²) in [6.45, 7) is 9.39. The maximum atomic E-state index is 4.60. The Bertz CT molecular complexity index is 615. The summed E-state index contributed by atoms with van der Waals surface area (Å²) in [5.74, 6) is 0. The maximum Gasteiger partial charge on any atom is 0.0768 e. The Labute approximate surface area is 127 Å². The van der Waals surface area contributed by atoms with Gasteiger partial charge in [-0.2, -0.15) is 5.10 Å². The fourth-order valence-electron chi connectivity index (χ4n) is 2.84. The van der Waals surface area contributed by atoms with Crippen LogP contribution in [0.1, 0.15) is 36.8 Å². The molecule has 0 amide bonds. The summed E-state index contributed by atoms with van der Waals surface area (Å²) in [5.41, 5.74) is 5.76. The molecule has 2 aromatic rings. The van der Waals surface area contributed by atoms with Gasteiger partial charge in [0.25, 0.3) is 0 Å². The quantitative estimate of drug-likeness (QED) is 0.917. The van der Waals surface area contributed by atoms with Gasteiger partial charge in [-0.25, -0.2) is 0 Å². The van der Waals surface area contributed by atoms with E-state index in [2.05, 4.69) is 52.7 Å². The SMILES string of the molecule is CCn1nc(C)c(C(C)Nc2cnccc2N(C)C)c1C. The lowest BCUT2D eigenvalue weighted by atomic mass is 10.1. The van der Waals surface area contributed by atoms with E-state index in [0.717, 1.165) is 23.6 Å². The van der Waals surface area contributed by atoms with E-state index in [1.54, 1.807) is 0 Å². The zero-order valence-electron chi connectivity index (χ0n) is 13.8. The lowest BCUT2D eigenvalue weighted by molar-refractivity contribution is 0.632. The highest BCUT2D eigenvalue weighted by Gasteiger charge is 2.18. The Morgan fingerprint density at radius 3 is 2.62 bits per heavy atom. The van der Waals surface area contributed by atoms with Gasteiger partial charge in [0.1, 0.15) is 0 Å². The zero-order chi connectivity index (χ0) is 15.6. The molecule has 1 N–H and O–H groups in total. The first kappa shape index (κ1) is 15.4. The molecule has 0 aliphatic rings. The molecular formula is C16H25N5. The molecule has 0 aliphatic carbocycles. The highest BCUT2D eigenvalue weighted by atomic mass is 15.3. The summed E-state index contributed by atoms with van der Waals surface area (Å²) in [7, 11) is 4.08. The average molecular weight is 287 g/mol. The van der Waals surface area contributed by atoms with Crippen molar-refractivity contribution in [3.05, 3.63) is 35.4 Å². The van der Waals surface area contributed by atoms with Gasteiger partial charge in [-0.05, 0) is 33.8 Å². The first-order valence-electron chi connectivity index (χ1n) is 7.37. The summed E-state index contributed by atoms with van der Waals surface area (Å²) >= 11 is 0. The third-order valence-electron chi connectivity index (χ3n) is 3.82. The van der Waals surface area contributed by atoms with E-state index in [9.17, 15) is 0 Å². The van der Waals surface area contributed by atoms with Crippen molar-refractivity contribution in [1.29, 1.82) is 0 Å². The van der Waals surface area contributed by atoms with Gasteiger partial charge in [-0.1, -0.05) is 0 Å². The van der Waals surface area contributed by atoms with Crippen LogP contribution in [0.15, 0.2) is 18.5 Å². The van der Waals surface area contributed by atoms with Gasteiger partial charge in [0.05, 0.1) is 29.3 Å². The Hall–Kier alpha value is -2.04. The second kappa shape index (κ2) is 6.16. The molecule has 2 aromatic heterocycles. The van der Waals surface area contributed by atoms with Gasteiger partial charge in [-0.15, -0.1) is 0 Å². The molecule has 0 saturated heterocycles. The number of hydrogen-bond acceptors (Lipinski definition) is 4. The molecule has 0 aliphatic heterocycles. The first-order valence-corrected chi connectivity index (χ1v) is 7.37. The number of hydrogen-bond donors (Lipinski definition) is 1. The highest BCUT2D eigenvalue weighted by molar-refractivity contribution is 5.68. The third kappa shape index (κ3) is 3.01. The zero-order valence-corrected chi connectivity index (χ0v) is 13.8. The van der Waals surface area contributed by atoms with Crippen molar-refractivity contribution in [3.63, 3.8) is 0 Å². The van der Waals surface area contributed by atoms with Crippen LogP contribution in [0, 0.1) is 13.8 Å². The first-order chi connectivity index (χ1) is 9.95. The van der Waals surface area contributed by atoms with E-state index < -0.39 is 0 Å². The van der Waals surface area contributed by atoms with Gasteiger partial charge in [0, 0.05) is 38.1 Å². The van der Waals surface area contributed by atoms with Crippen molar-refractivity contribution in [3.8, 4) is 0 Å². The van der Waals surface area contributed by atoms with E-state index in [4.69, 9.17) is 0 Å². The van der Waals surface area contributed by atoms with Crippen LogP contribution in [0.4, 0.5) is 11.4 Å². The van der Waals surface area contributed by atoms with E-state index in [0.29, 0.717) is 0 Å². The van der Waals surface area contributed by atoms with E-state index in [1.807, 2.05) is 32.6 Å². The molecule has 0 saturated carbocycles. The van der Waals surface area contributed by atoms with Crippen LogP contribution in [0.25, 0.3) is 0 Å². The predicted octanol–water partition coefficient (Wildman–Crippen LogP) is 3.15. The summed E-state index contributed by atoms with van der Waals surface area (Å²) in [6, 6.07) is 2.21. The monoisotopic (exact) mass is 287 g/mol. The standard InChI is InChI=1S/C16H25N5/c1-7-21-13(4)16(12(3)19-21)11(2)18-14-10-17-9-8-15(14)20(5)6/h8-11,18H,7H2,1-6H3. The fraction of sp³-hybridized carbons (Fsp3) is 0.500. The lowest BCUT2D eigenvalue weighted by Crippen LogP contribution is -2.15. The second-order valence-corrected chi connectivity index (χ2v) is 5.55. The average Bonchev–Trinajstić information content (AvgIpc) is 2.73. The van der Waals surface area contributed by atoms with Crippen molar-refractivity contribution in [2.75, 3.05) is 24.3 Å². The lowest BCUT2D eigenvalue weighted by Gasteiger charge is -2.22. The van der Waals surface area contributed by atoms with Gasteiger partial charge in [0.2, 0.25) is 0 Å². The fourth-order valence-corrected chi connectivity index (χ4v) is 2.84. The van der Waals surface area contributed by atoms with Crippen molar-refractivity contribution >= 4 is 11.4 Å². The number of anilines is 2. The van der Waals surface area contributed by atoms with Crippen LogP contribution >= 0.6 is 0 Å². The molecule has 21 heavy (non-hydrogen) atoms. The number of nitrogens with one attached hydrogen (secondary N) is 1. The Balaban J connectivity index is 2.31. The highest BCUT2D eigenvalue weighted by Crippen LogP contribution is 2.29. The van der Waals surface area contributed by atoms with Crippen LogP contribution < -0.4 is 10.2 Å². The van der Waals surface area contributed by atoms with Crippen LogP contribution in [0.3, 0.4) is 0 Å².